The summed E-state index contributed by atoms with van der Waals surface area (Å²) in [6.07, 6.45) is 1.02. The fourth-order valence-corrected chi connectivity index (χ4v) is 0. The first-order chi connectivity index (χ1) is 3.65. The fraction of sp³-hybridized carbons (Fsp3) is 1.00. The first-order valence-corrected chi connectivity index (χ1v) is 3.57. The molecule has 0 amide bonds. The van der Waals surface area contributed by atoms with Crippen LogP contribution in [0.1, 0.15) is 27.2 Å². The second-order valence-electron chi connectivity index (χ2n) is 1.82. The summed E-state index contributed by atoms with van der Waals surface area (Å²) in [5.41, 5.74) is 0. The van der Waals surface area contributed by atoms with Crippen molar-refractivity contribution in [2.24, 2.45) is 0 Å². The minimum atomic E-state index is -0.167. The summed E-state index contributed by atoms with van der Waals surface area (Å²) in [7, 11) is 0. The van der Waals surface area contributed by atoms with Crippen LogP contribution in [0.5, 0.6) is 0 Å². The van der Waals surface area contributed by atoms with Crippen molar-refractivity contribution in [1.29, 1.82) is 0 Å². The van der Waals surface area contributed by atoms with Crippen LogP contribution in [0.4, 0.5) is 0 Å². The van der Waals surface area contributed by atoms with Gasteiger partial charge in [0.25, 0.3) is 0 Å². The summed E-state index contributed by atoms with van der Waals surface area (Å²) in [5.74, 6) is 1.01. The van der Waals surface area contributed by atoms with Crippen LogP contribution in [0.15, 0.2) is 0 Å². The van der Waals surface area contributed by atoms with Gasteiger partial charge >= 0.3 is 0 Å². The molecule has 0 saturated heterocycles. The summed E-state index contributed by atoms with van der Waals surface area (Å²) in [4.78, 5) is 0. The third kappa shape index (κ3) is 104. The Morgan fingerprint density at radius 3 is 1.62 bits per heavy atom. The molecule has 0 heterocycles. The van der Waals surface area contributed by atoms with Gasteiger partial charge in [0.15, 0.2) is 0 Å². The van der Waals surface area contributed by atoms with Gasteiger partial charge in [-0.2, -0.15) is 12.6 Å². The van der Waals surface area contributed by atoms with E-state index in [-0.39, 0.29) is 6.10 Å². The summed E-state index contributed by atoms with van der Waals surface area (Å²) in [6.45, 7) is 5.55. The number of aliphatic hydroxyl groups is 1. The van der Waals surface area contributed by atoms with Crippen LogP contribution in [-0.4, -0.2) is 17.0 Å². The quantitative estimate of drug-likeness (QED) is 0.526. The van der Waals surface area contributed by atoms with Crippen LogP contribution < -0.4 is 0 Å². The van der Waals surface area contributed by atoms with Crippen LogP contribution in [-0.2, 0) is 0 Å². The van der Waals surface area contributed by atoms with Crippen molar-refractivity contribution in [2.45, 2.75) is 33.3 Å². The van der Waals surface area contributed by atoms with Crippen LogP contribution in [0.25, 0.3) is 0 Å². The first kappa shape index (κ1) is 11.2. The molecule has 0 aromatic heterocycles. The third-order valence-corrected chi connectivity index (χ3v) is 0.671. The molecule has 0 spiro atoms. The van der Waals surface area contributed by atoms with E-state index >= 15 is 0 Å². The van der Waals surface area contributed by atoms with Crippen LogP contribution in [0.2, 0.25) is 0 Å². The Morgan fingerprint density at radius 2 is 1.62 bits per heavy atom. The Morgan fingerprint density at radius 1 is 1.50 bits per heavy atom. The zero-order chi connectivity index (χ0) is 6.99. The zero-order valence-corrected chi connectivity index (χ0v) is 6.78. The molecule has 0 fully saturated rings. The highest BCUT2D eigenvalue weighted by atomic mass is 32.1. The molecule has 0 rings (SSSR count). The van der Waals surface area contributed by atoms with Gasteiger partial charge in [-0.05, 0) is 26.0 Å². The summed E-state index contributed by atoms with van der Waals surface area (Å²) >= 11 is 3.92. The molecule has 0 unspecified atom stereocenters. The number of hydrogen-bond acceptors (Lipinski definition) is 2. The molecule has 0 aromatic rings. The van der Waals surface area contributed by atoms with Crippen molar-refractivity contribution < 1.29 is 5.11 Å². The molecule has 0 saturated carbocycles. The Hall–Kier alpha value is 0.310. The SMILES string of the molecule is CC(C)O.CCCS. The van der Waals surface area contributed by atoms with Crippen LogP contribution in [0, 0.1) is 0 Å². The van der Waals surface area contributed by atoms with E-state index in [1.54, 1.807) is 13.8 Å². The lowest BCUT2D eigenvalue weighted by molar-refractivity contribution is 0.216. The van der Waals surface area contributed by atoms with Crippen molar-refractivity contribution in [1.82, 2.24) is 0 Å². The van der Waals surface area contributed by atoms with Gasteiger partial charge in [-0.15, -0.1) is 0 Å². The molecule has 0 aliphatic rings. The largest absolute Gasteiger partial charge is 0.394 e. The van der Waals surface area contributed by atoms with Crippen molar-refractivity contribution >= 4 is 12.6 Å². The van der Waals surface area contributed by atoms with Gasteiger partial charge in [0.1, 0.15) is 0 Å². The number of thiol groups is 1. The van der Waals surface area contributed by atoms with Crippen molar-refractivity contribution in [3.63, 3.8) is 0 Å². The molecular weight excluding hydrogens is 120 g/mol. The number of rotatable bonds is 1. The van der Waals surface area contributed by atoms with E-state index in [1.165, 1.54) is 6.42 Å². The molecule has 2 heteroatoms. The fourth-order valence-electron chi connectivity index (χ4n) is 0. The molecule has 1 nitrogen and oxygen atoms in total. The molecule has 0 atom stereocenters. The van der Waals surface area contributed by atoms with E-state index in [2.05, 4.69) is 19.6 Å². The molecule has 1 N–H and O–H groups in total. The van der Waals surface area contributed by atoms with Crippen LogP contribution in [0.3, 0.4) is 0 Å². The Kier molecular flexibility index (Phi) is 14.4. The smallest absolute Gasteiger partial charge is 0.0483 e. The highest BCUT2D eigenvalue weighted by molar-refractivity contribution is 7.80. The lowest BCUT2D eigenvalue weighted by Gasteiger charge is -1.80. The average molecular weight is 136 g/mol. The lowest BCUT2D eigenvalue weighted by Crippen LogP contribution is -1.85. The number of hydrogen-bond donors (Lipinski definition) is 2. The second kappa shape index (κ2) is 10.3. The predicted octanol–water partition coefficient (Wildman–Crippen LogP) is 1.71. The molecule has 0 aliphatic heterocycles. The first-order valence-electron chi connectivity index (χ1n) is 2.94. The highest BCUT2D eigenvalue weighted by Crippen LogP contribution is 1.74. The van der Waals surface area contributed by atoms with Gasteiger partial charge in [-0.3, -0.25) is 0 Å². The Balaban J connectivity index is 0. The third-order valence-electron chi connectivity index (χ3n) is 0.224. The normalized spacial score (nSPS) is 8.25. The maximum Gasteiger partial charge on any atom is 0.0483 e. The van der Waals surface area contributed by atoms with Crippen molar-refractivity contribution in [2.75, 3.05) is 5.75 Å². The van der Waals surface area contributed by atoms with Gasteiger partial charge in [0.2, 0.25) is 0 Å². The number of aliphatic hydroxyl groups excluding tert-OH is 1. The van der Waals surface area contributed by atoms with E-state index in [9.17, 15) is 0 Å². The molecule has 0 bridgehead atoms. The second-order valence-corrected chi connectivity index (χ2v) is 2.26. The van der Waals surface area contributed by atoms with E-state index in [0.717, 1.165) is 5.75 Å². The Labute approximate surface area is 57.5 Å². The molecule has 8 heavy (non-hydrogen) atoms. The average Bonchev–Trinajstić information content (AvgIpc) is 1.65. The van der Waals surface area contributed by atoms with Gasteiger partial charge < -0.3 is 5.11 Å². The summed E-state index contributed by atoms with van der Waals surface area (Å²) in [6, 6.07) is 0. The minimum absolute atomic E-state index is 0.167. The minimum Gasteiger partial charge on any atom is -0.394 e. The van der Waals surface area contributed by atoms with E-state index in [1.807, 2.05) is 0 Å². The monoisotopic (exact) mass is 136 g/mol. The van der Waals surface area contributed by atoms with Crippen molar-refractivity contribution in [3.05, 3.63) is 0 Å². The van der Waals surface area contributed by atoms with E-state index < -0.39 is 0 Å². The van der Waals surface area contributed by atoms with Crippen LogP contribution >= 0.6 is 12.6 Å². The van der Waals surface area contributed by atoms with Gasteiger partial charge in [0, 0.05) is 6.10 Å². The maximum absolute atomic E-state index is 8.06. The van der Waals surface area contributed by atoms with E-state index in [4.69, 9.17) is 5.11 Å². The highest BCUT2D eigenvalue weighted by Gasteiger charge is 1.69. The maximum atomic E-state index is 8.06. The predicted molar refractivity (Wildman–Crippen MR) is 41.5 cm³/mol. The van der Waals surface area contributed by atoms with Gasteiger partial charge in [-0.1, -0.05) is 6.92 Å². The topological polar surface area (TPSA) is 20.2 Å². The van der Waals surface area contributed by atoms with Gasteiger partial charge in [-0.25, -0.2) is 0 Å². The molecule has 52 valence electrons. The zero-order valence-electron chi connectivity index (χ0n) is 5.89. The lowest BCUT2D eigenvalue weighted by atomic mass is 10.5. The van der Waals surface area contributed by atoms with Gasteiger partial charge in [0.05, 0.1) is 0 Å². The molecular formula is C6H16OS. The Bertz CT molecular complexity index is 25.0. The summed E-state index contributed by atoms with van der Waals surface area (Å²) < 4.78 is 0. The van der Waals surface area contributed by atoms with Crippen molar-refractivity contribution in [3.8, 4) is 0 Å². The molecule has 0 aromatic carbocycles. The summed E-state index contributed by atoms with van der Waals surface area (Å²) in [5, 5.41) is 8.06. The standard InChI is InChI=1S/C3H8O.C3H8S/c1-3(2)4;1-2-3-4/h3-4H,1-2H3;4H,2-3H2,1H3. The molecule has 0 aliphatic carbocycles. The molecule has 0 radical (unpaired) electrons. The van der Waals surface area contributed by atoms with E-state index in [0.29, 0.717) is 0 Å².